The number of rotatable bonds is 4. The Morgan fingerprint density at radius 3 is 2.78 bits per heavy atom. The van der Waals surface area contributed by atoms with Crippen LogP contribution in [0.4, 0.5) is 0 Å². The zero-order valence-electron chi connectivity index (χ0n) is 5.81. The van der Waals surface area contributed by atoms with E-state index in [-0.39, 0.29) is 12.2 Å². The smallest absolute Gasteiger partial charge is 0.211 e. The van der Waals surface area contributed by atoms with E-state index in [2.05, 4.69) is 12.2 Å². The summed E-state index contributed by atoms with van der Waals surface area (Å²) in [5.74, 6) is -0.0662. The minimum Gasteiger partial charge on any atom is -0.357 e. The second-order valence-electron chi connectivity index (χ2n) is 1.91. The maximum atomic E-state index is 10.5. The summed E-state index contributed by atoms with van der Waals surface area (Å²) in [4.78, 5) is 10.5. The standard InChI is InChI=1S/C6H12BNO/c1-2-3-4-8-6(9)5-7/h2-5H2,1H3,(H,8,9). The van der Waals surface area contributed by atoms with Crippen molar-refractivity contribution in [2.75, 3.05) is 6.54 Å². The zero-order valence-corrected chi connectivity index (χ0v) is 5.81. The van der Waals surface area contributed by atoms with Crippen LogP contribution in [-0.4, -0.2) is 20.3 Å². The second kappa shape index (κ2) is 5.67. The van der Waals surface area contributed by atoms with Crippen molar-refractivity contribution in [3.05, 3.63) is 0 Å². The van der Waals surface area contributed by atoms with Gasteiger partial charge in [0.15, 0.2) is 0 Å². The Morgan fingerprint density at radius 2 is 2.33 bits per heavy atom. The molecule has 0 aliphatic carbocycles. The summed E-state index contributed by atoms with van der Waals surface area (Å²) in [5, 5.41) is 2.67. The molecule has 0 saturated heterocycles. The molecule has 2 radical (unpaired) electrons. The van der Waals surface area contributed by atoms with Crippen LogP contribution < -0.4 is 5.32 Å². The van der Waals surface area contributed by atoms with Gasteiger partial charge in [0.1, 0.15) is 0 Å². The van der Waals surface area contributed by atoms with Crippen LogP contribution in [-0.2, 0) is 4.79 Å². The van der Waals surface area contributed by atoms with E-state index in [4.69, 9.17) is 7.85 Å². The zero-order chi connectivity index (χ0) is 7.11. The number of amides is 1. The van der Waals surface area contributed by atoms with Gasteiger partial charge in [0.25, 0.3) is 0 Å². The molecule has 0 fully saturated rings. The van der Waals surface area contributed by atoms with Gasteiger partial charge < -0.3 is 5.32 Å². The van der Waals surface area contributed by atoms with Crippen molar-refractivity contribution in [2.24, 2.45) is 0 Å². The van der Waals surface area contributed by atoms with E-state index in [1.165, 1.54) is 0 Å². The second-order valence-corrected chi connectivity index (χ2v) is 1.91. The molecule has 0 rings (SSSR count). The van der Waals surface area contributed by atoms with Crippen LogP contribution in [0.1, 0.15) is 19.8 Å². The third-order valence-electron chi connectivity index (χ3n) is 1.04. The minimum atomic E-state index is -0.0662. The molecule has 9 heavy (non-hydrogen) atoms. The first-order valence-electron chi connectivity index (χ1n) is 3.28. The van der Waals surface area contributed by atoms with Crippen molar-refractivity contribution >= 4 is 13.8 Å². The summed E-state index contributed by atoms with van der Waals surface area (Å²) >= 11 is 0. The van der Waals surface area contributed by atoms with Crippen LogP contribution in [0.25, 0.3) is 0 Å². The summed E-state index contributed by atoms with van der Waals surface area (Å²) in [6.45, 7) is 2.83. The lowest BCUT2D eigenvalue weighted by Gasteiger charge is -1.99. The van der Waals surface area contributed by atoms with Crippen LogP contribution in [0.3, 0.4) is 0 Å². The highest BCUT2D eigenvalue weighted by atomic mass is 16.1. The quantitative estimate of drug-likeness (QED) is 0.430. The molecule has 1 amide bonds. The molecule has 1 N–H and O–H groups in total. The van der Waals surface area contributed by atoms with Gasteiger partial charge in [-0.15, -0.1) is 0 Å². The van der Waals surface area contributed by atoms with Crippen LogP contribution >= 0.6 is 0 Å². The van der Waals surface area contributed by atoms with E-state index >= 15 is 0 Å². The van der Waals surface area contributed by atoms with Crippen LogP contribution in [0.15, 0.2) is 0 Å². The molecule has 0 aromatic carbocycles. The maximum Gasteiger partial charge on any atom is 0.211 e. The fraction of sp³-hybridized carbons (Fsp3) is 0.833. The van der Waals surface area contributed by atoms with Gasteiger partial charge in [-0.3, -0.25) is 4.79 Å². The fourth-order valence-electron chi connectivity index (χ4n) is 0.477. The molecule has 2 nitrogen and oxygen atoms in total. The molecular formula is C6H12BNO. The number of unbranched alkanes of at least 4 members (excludes halogenated alkanes) is 1. The molecule has 0 atom stereocenters. The molecule has 0 bridgehead atoms. The molecule has 0 unspecified atom stereocenters. The average Bonchev–Trinajstić information content (AvgIpc) is 1.89. The van der Waals surface area contributed by atoms with Gasteiger partial charge in [0, 0.05) is 6.54 Å². The van der Waals surface area contributed by atoms with Gasteiger partial charge in [-0.25, -0.2) is 0 Å². The number of hydrogen-bond donors (Lipinski definition) is 1. The van der Waals surface area contributed by atoms with Crippen LogP contribution in [0.5, 0.6) is 0 Å². The SMILES string of the molecule is [B]CC(=O)NCCCC. The highest BCUT2D eigenvalue weighted by Gasteiger charge is 1.91. The third-order valence-corrected chi connectivity index (χ3v) is 1.04. The van der Waals surface area contributed by atoms with E-state index in [1.807, 2.05) is 0 Å². The predicted molar refractivity (Wildman–Crippen MR) is 38.5 cm³/mol. The molecule has 0 heterocycles. The summed E-state index contributed by atoms with van der Waals surface area (Å²) in [5.41, 5.74) is 0. The van der Waals surface area contributed by atoms with E-state index in [1.54, 1.807) is 0 Å². The monoisotopic (exact) mass is 125 g/mol. The molecule has 0 spiro atoms. The van der Waals surface area contributed by atoms with E-state index in [0.717, 1.165) is 19.4 Å². The molecule has 0 aliphatic rings. The van der Waals surface area contributed by atoms with Gasteiger partial charge in [0.2, 0.25) is 5.91 Å². The average molecular weight is 125 g/mol. The molecule has 50 valence electrons. The van der Waals surface area contributed by atoms with E-state index in [0.29, 0.717) is 0 Å². The molecule has 3 heteroatoms. The summed E-state index contributed by atoms with van der Waals surface area (Å²) in [7, 11) is 5.04. The first-order valence-corrected chi connectivity index (χ1v) is 3.28. The molecule has 0 aromatic rings. The van der Waals surface area contributed by atoms with Crippen molar-refractivity contribution in [3.8, 4) is 0 Å². The summed E-state index contributed by atoms with van der Waals surface area (Å²) < 4.78 is 0. The van der Waals surface area contributed by atoms with E-state index < -0.39 is 0 Å². The van der Waals surface area contributed by atoms with Crippen molar-refractivity contribution in [1.29, 1.82) is 0 Å². The molecule has 0 aliphatic heterocycles. The largest absolute Gasteiger partial charge is 0.357 e. The van der Waals surface area contributed by atoms with Crippen molar-refractivity contribution in [1.82, 2.24) is 5.32 Å². The summed E-state index contributed by atoms with van der Waals surface area (Å²) in [6, 6.07) is 0. The van der Waals surface area contributed by atoms with Crippen molar-refractivity contribution in [3.63, 3.8) is 0 Å². The predicted octanol–water partition coefficient (Wildman–Crippen LogP) is 0.489. The lowest BCUT2D eigenvalue weighted by molar-refractivity contribution is -0.118. The fourth-order valence-corrected chi connectivity index (χ4v) is 0.477. The Hall–Kier alpha value is -0.465. The van der Waals surface area contributed by atoms with Gasteiger partial charge in [0.05, 0.1) is 7.85 Å². The van der Waals surface area contributed by atoms with Gasteiger partial charge in [-0.1, -0.05) is 13.3 Å². The summed E-state index contributed by atoms with van der Waals surface area (Å²) in [6.07, 6.45) is 2.24. The first-order chi connectivity index (χ1) is 4.31. The van der Waals surface area contributed by atoms with Crippen LogP contribution in [0, 0.1) is 0 Å². The lowest BCUT2D eigenvalue weighted by atomic mass is 10.1. The van der Waals surface area contributed by atoms with Crippen molar-refractivity contribution < 1.29 is 4.79 Å². The topological polar surface area (TPSA) is 29.1 Å². The lowest BCUT2D eigenvalue weighted by Crippen LogP contribution is -2.23. The Bertz CT molecular complexity index is 85.1. The first kappa shape index (κ1) is 8.53. The Morgan fingerprint density at radius 1 is 1.67 bits per heavy atom. The maximum absolute atomic E-state index is 10.5. The normalized spacial score (nSPS) is 9.00. The van der Waals surface area contributed by atoms with Gasteiger partial charge in [-0.05, 0) is 12.7 Å². The highest BCUT2D eigenvalue weighted by Crippen LogP contribution is 1.82. The van der Waals surface area contributed by atoms with E-state index in [9.17, 15) is 4.79 Å². The highest BCUT2D eigenvalue weighted by molar-refractivity contribution is 6.19. The molecular weight excluding hydrogens is 113 g/mol. The minimum absolute atomic E-state index is 0.0662. The van der Waals surface area contributed by atoms with Gasteiger partial charge >= 0.3 is 0 Å². The third kappa shape index (κ3) is 5.41. The number of carbonyl (C=O) groups is 1. The number of hydrogen-bond acceptors (Lipinski definition) is 1. The van der Waals surface area contributed by atoms with Crippen molar-refractivity contribution in [2.45, 2.75) is 26.1 Å². The number of carbonyl (C=O) groups excluding carboxylic acids is 1. The molecule has 0 saturated carbocycles. The Kier molecular flexibility index (Phi) is 5.37. The Balaban J connectivity index is 2.97. The van der Waals surface area contributed by atoms with Gasteiger partial charge in [-0.2, -0.15) is 0 Å². The Labute approximate surface area is 57.4 Å². The van der Waals surface area contributed by atoms with Crippen LogP contribution in [0.2, 0.25) is 6.32 Å². The number of nitrogens with one attached hydrogen (secondary N) is 1. The molecule has 0 aromatic heterocycles.